The third kappa shape index (κ3) is 5.53. The smallest absolute Gasteiger partial charge is 0.251 e. The number of aromatic nitrogens is 2. The van der Waals surface area contributed by atoms with Crippen molar-refractivity contribution in [2.75, 3.05) is 26.3 Å². The number of nitrogens with zero attached hydrogens (tertiary/aromatic N) is 3. The fraction of sp³-hybridized carbons (Fsp3) is 0.304. The average molecular weight is 390 g/mol. The highest BCUT2D eigenvalue weighted by Gasteiger charge is 2.11. The standard InChI is InChI=1S/C23H26N4O2/c28-23(22-6-4-19(5-7-22)16-27-9-8-24-18-27)25-15-20-2-1-3-21(14-20)17-26-10-12-29-13-11-26/h1-9,14,18H,10-13,15-17H2,(H,25,28). The third-order valence-corrected chi connectivity index (χ3v) is 5.09. The molecule has 0 unspecified atom stereocenters. The molecule has 29 heavy (non-hydrogen) atoms. The highest BCUT2D eigenvalue weighted by atomic mass is 16.5. The number of rotatable bonds is 7. The number of imidazole rings is 1. The fourth-order valence-electron chi connectivity index (χ4n) is 3.49. The number of carbonyl (C=O) groups excluding carboxylic acids is 1. The second-order valence-electron chi connectivity index (χ2n) is 7.32. The van der Waals surface area contributed by atoms with Gasteiger partial charge in [0.1, 0.15) is 0 Å². The normalized spacial score (nSPS) is 14.6. The Morgan fingerprint density at radius 2 is 1.79 bits per heavy atom. The van der Waals surface area contributed by atoms with Gasteiger partial charge in [0, 0.05) is 50.7 Å². The maximum absolute atomic E-state index is 12.5. The van der Waals surface area contributed by atoms with Crippen LogP contribution in [0.25, 0.3) is 0 Å². The lowest BCUT2D eigenvalue weighted by Gasteiger charge is -2.26. The van der Waals surface area contributed by atoms with Gasteiger partial charge in [0.25, 0.3) is 5.91 Å². The minimum absolute atomic E-state index is 0.0576. The molecule has 0 aliphatic carbocycles. The van der Waals surface area contributed by atoms with E-state index in [1.165, 1.54) is 5.56 Å². The van der Waals surface area contributed by atoms with Gasteiger partial charge in [0.15, 0.2) is 0 Å². The third-order valence-electron chi connectivity index (χ3n) is 5.09. The van der Waals surface area contributed by atoms with E-state index >= 15 is 0 Å². The van der Waals surface area contributed by atoms with Crippen LogP contribution in [0.5, 0.6) is 0 Å². The van der Waals surface area contributed by atoms with Crippen molar-refractivity contribution in [2.45, 2.75) is 19.6 Å². The van der Waals surface area contributed by atoms with Crippen molar-refractivity contribution in [1.82, 2.24) is 19.8 Å². The molecule has 0 bridgehead atoms. The van der Waals surface area contributed by atoms with E-state index in [0.29, 0.717) is 12.1 Å². The number of nitrogens with one attached hydrogen (secondary N) is 1. The zero-order valence-corrected chi connectivity index (χ0v) is 16.5. The Morgan fingerprint density at radius 1 is 1.00 bits per heavy atom. The summed E-state index contributed by atoms with van der Waals surface area (Å²) in [6.45, 7) is 5.73. The molecular weight excluding hydrogens is 364 g/mol. The predicted octanol–water partition coefficient (Wildman–Crippen LogP) is 2.69. The molecule has 0 atom stereocenters. The number of benzene rings is 2. The lowest BCUT2D eigenvalue weighted by Crippen LogP contribution is -2.35. The number of amides is 1. The van der Waals surface area contributed by atoms with Crippen LogP contribution in [0.3, 0.4) is 0 Å². The van der Waals surface area contributed by atoms with Crippen molar-refractivity contribution in [3.63, 3.8) is 0 Å². The van der Waals surface area contributed by atoms with Crippen LogP contribution < -0.4 is 5.32 Å². The van der Waals surface area contributed by atoms with Crippen molar-refractivity contribution in [1.29, 1.82) is 0 Å². The topological polar surface area (TPSA) is 59.4 Å². The Bertz CT molecular complexity index is 916. The van der Waals surface area contributed by atoms with Crippen molar-refractivity contribution in [3.8, 4) is 0 Å². The number of hydrogen-bond donors (Lipinski definition) is 1. The number of carbonyl (C=O) groups is 1. The number of hydrogen-bond acceptors (Lipinski definition) is 4. The molecule has 1 aliphatic heterocycles. The summed E-state index contributed by atoms with van der Waals surface area (Å²) in [4.78, 5) is 18.9. The van der Waals surface area contributed by atoms with Gasteiger partial charge in [-0.3, -0.25) is 9.69 Å². The van der Waals surface area contributed by atoms with Gasteiger partial charge in [-0.15, -0.1) is 0 Å². The van der Waals surface area contributed by atoms with Crippen LogP contribution in [0.2, 0.25) is 0 Å². The summed E-state index contributed by atoms with van der Waals surface area (Å²) < 4.78 is 7.41. The van der Waals surface area contributed by atoms with Crippen LogP contribution in [-0.2, 0) is 24.4 Å². The van der Waals surface area contributed by atoms with E-state index in [4.69, 9.17) is 4.74 Å². The second-order valence-corrected chi connectivity index (χ2v) is 7.32. The summed E-state index contributed by atoms with van der Waals surface area (Å²) in [5.74, 6) is -0.0576. The first kappa shape index (κ1) is 19.4. The van der Waals surface area contributed by atoms with Crippen LogP contribution in [0.4, 0.5) is 0 Å². The summed E-state index contributed by atoms with van der Waals surface area (Å²) >= 11 is 0. The SMILES string of the molecule is O=C(NCc1cccc(CN2CCOCC2)c1)c1ccc(Cn2ccnc2)cc1. The van der Waals surface area contributed by atoms with E-state index < -0.39 is 0 Å². The second kappa shape index (κ2) is 9.49. The molecule has 1 saturated heterocycles. The molecule has 150 valence electrons. The molecule has 1 N–H and O–H groups in total. The molecule has 1 amide bonds. The average Bonchev–Trinajstić information content (AvgIpc) is 3.27. The monoisotopic (exact) mass is 390 g/mol. The molecule has 2 aromatic carbocycles. The highest BCUT2D eigenvalue weighted by molar-refractivity contribution is 5.94. The Morgan fingerprint density at radius 3 is 2.55 bits per heavy atom. The first-order valence-corrected chi connectivity index (χ1v) is 9.97. The van der Waals surface area contributed by atoms with Gasteiger partial charge in [0.2, 0.25) is 0 Å². The van der Waals surface area contributed by atoms with E-state index in [-0.39, 0.29) is 5.91 Å². The minimum atomic E-state index is -0.0576. The Kier molecular flexibility index (Phi) is 6.34. The van der Waals surface area contributed by atoms with Crippen LogP contribution in [0.1, 0.15) is 27.0 Å². The summed E-state index contributed by atoms with van der Waals surface area (Å²) in [6, 6.07) is 16.1. The first-order chi connectivity index (χ1) is 14.3. The Balaban J connectivity index is 1.30. The number of ether oxygens (including phenoxy) is 1. The summed E-state index contributed by atoms with van der Waals surface area (Å²) in [5, 5.41) is 3.02. The van der Waals surface area contributed by atoms with Crippen LogP contribution in [-0.4, -0.2) is 46.7 Å². The van der Waals surface area contributed by atoms with E-state index in [0.717, 1.165) is 50.5 Å². The lowest BCUT2D eigenvalue weighted by atomic mass is 10.1. The largest absolute Gasteiger partial charge is 0.379 e. The Labute approximate surface area is 171 Å². The minimum Gasteiger partial charge on any atom is -0.379 e. The van der Waals surface area contributed by atoms with Gasteiger partial charge >= 0.3 is 0 Å². The van der Waals surface area contributed by atoms with Crippen LogP contribution in [0.15, 0.2) is 67.3 Å². The molecule has 0 saturated carbocycles. The molecule has 1 aromatic heterocycles. The van der Waals surface area contributed by atoms with Crippen LogP contribution in [0, 0.1) is 0 Å². The zero-order valence-electron chi connectivity index (χ0n) is 16.5. The van der Waals surface area contributed by atoms with Gasteiger partial charge in [-0.2, -0.15) is 0 Å². The first-order valence-electron chi connectivity index (χ1n) is 9.97. The zero-order chi connectivity index (χ0) is 19.9. The Hall–Kier alpha value is -2.96. The van der Waals surface area contributed by atoms with Crippen LogP contribution >= 0.6 is 0 Å². The van der Waals surface area contributed by atoms with Gasteiger partial charge in [0.05, 0.1) is 19.5 Å². The van der Waals surface area contributed by atoms with Gasteiger partial charge < -0.3 is 14.6 Å². The van der Waals surface area contributed by atoms with Gasteiger partial charge in [-0.05, 0) is 28.8 Å². The molecular formula is C23H26N4O2. The van der Waals surface area contributed by atoms with Crippen molar-refractivity contribution in [3.05, 3.63) is 89.5 Å². The quantitative estimate of drug-likeness (QED) is 0.674. The lowest BCUT2D eigenvalue weighted by molar-refractivity contribution is 0.0342. The maximum atomic E-state index is 12.5. The molecule has 0 spiro atoms. The molecule has 6 nitrogen and oxygen atoms in total. The maximum Gasteiger partial charge on any atom is 0.251 e. The van der Waals surface area contributed by atoms with E-state index in [2.05, 4.69) is 39.5 Å². The molecule has 1 aliphatic rings. The molecule has 6 heteroatoms. The highest BCUT2D eigenvalue weighted by Crippen LogP contribution is 2.11. The van der Waals surface area contributed by atoms with E-state index in [9.17, 15) is 4.79 Å². The van der Waals surface area contributed by atoms with Crippen molar-refractivity contribution < 1.29 is 9.53 Å². The fourth-order valence-corrected chi connectivity index (χ4v) is 3.49. The molecule has 0 radical (unpaired) electrons. The van der Waals surface area contributed by atoms with Crippen molar-refractivity contribution in [2.24, 2.45) is 0 Å². The summed E-state index contributed by atoms with van der Waals surface area (Å²) in [5.41, 5.74) is 4.18. The van der Waals surface area contributed by atoms with Gasteiger partial charge in [-0.25, -0.2) is 4.98 Å². The van der Waals surface area contributed by atoms with E-state index in [1.54, 1.807) is 12.5 Å². The predicted molar refractivity (Wildman–Crippen MR) is 111 cm³/mol. The molecule has 3 aromatic rings. The van der Waals surface area contributed by atoms with Gasteiger partial charge in [-0.1, -0.05) is 36.4 Å². The molecule has 4 rings (SSSR count). The van der Waals surface area contributed by atoms with Crippen molar-refractivity contribution >= 4 is 5.91 Å². The van der Waals surface area contributed by atoms with E-state index in [1.807, 2.05) is 35.0 Å². The summed E-state index contributed by atoms with van der Waals surface area (Å²) in [6.07, 6.45) is 5.47. The molecule has 2 heterocycles. The summed E-state index contributed by atoms with van der Waals surface area (Å²) in [7, 11) is 0. The molecule has 1 fully saturated rings. The number of morpholine rings is 1.